The molecule has 3 rings (SSSR count). The Bertz CT molecular complexity index is 740. The van der Waals surface area contributed by atoms with Gasteiger partial charge in [-0.25, -0.2) is 0 Å². The van der Waals surface area contributed by atoms with Crippen LogP contribution in [0.5, 0.6) is 11.5 Å². The van der Waals surface area contributed by atoms with Crippen molar-refractivity contribution in [2.45, 2.75) is 13.0 Å². The smallest absolute Gasteiger partial charge is 0.226 e. The molecule has 0 saturated heterocycles. The maximum Gasteiger partial charge on any atom is 0.226 e. The van der Waals surface area contributed by atoms with Gasteiger partial charge in [0.15, 0.2) is 0 Å². The number of nitrogens with zero attached hydrogens (tertiary/aromatic N) is 3. The zero-order valence-electron chi connectivity index (χ0n) is 12.4. The van der Waals surface area contributed by atoms with E-state index in [4.69, 9.17) is 4.74 Å². The van der Waals surface area contributed by atoms with Gasteiger partial charge in [-0.05, 0) is 36.4 Å². The molecule has 6 nitrogen and oxygen atoms in total. The first-order valence-electron chi connectivity index (χ1n) is 7.25. The van der Waals surface area contributed by atoms with E-state index in [2.05, 4.69) is 15.5 Å². The number of amides is 1. The summed E-state index contributed by atoms with van der Waals surface area (Å²) in [4.78, 5) is 11.9. The van der Waals surface area contributed by atoms with Crippen LogP contribution in [0.2, 0.25) is 0 Å². The van der Waals surface area contributed by atoms with Crippen molar-refractivity contribution in [3.05, 3.63) is 67.3 Å². The van der Waals surface area contributed by atoms with Gasteiger partial charge in [-0.2, -0.15) is 0 Å². The number of rotatable bonds is 6. The molecule has 23 heavy (non-hydrogen) atoms. The van der Waals surface area contributed by atoms with Crippen molar-refractivity contribution in [1.29, 1.82) is 0 Å². The van der Waals surface area contributed by atoms with Crippen LogP contribution >= 0.6 is 0 Å². The Morgan fingerprint density at radius 1 is 0.957 bits per heavy atom. The highest BCUT2D eigenvalue weighted by molar-refractivity contribution is 5.90. The summed E-state index contributed by atoms with van der Waals surface area (Å²) in [6.45, 7) is 0.550. The summed E-state index contributed by atoms with van der Waals surface area (Å²) in [5, 5.41) is 10.2. The van der Waals surface area contributed by atoms with Crippen LogP contribution in [0.15, 0.2) is 67.3 Å². The molecule has 0 fully saturated rings. The number of carbonyl (C=O) groups excluding carboxylic acids is 1. The average Bonchev–Trinajstić information content (AvgIpc) is 3.09. The van der Waals surface area contributed by atoms with Crippen LogP contribution in [-0.2, 0) is 11.3 Å². The predicted octanol–water partition coefficient (Wildman–Crippen LogP) is 3.10. The lowest BCUT2D eigenvalue weighted by molar-refractivity contribution is -0.116. The van der Waals surface area contributed by atoms with Crippen LogP contribution in [0.4, 0.5) is 5.69 Å². The monoisotopic (exact) mass is 308 g/mol. The lowest BCUT2D eigenvalue weighted by atomic mass is 10.3. The van der Waals surface area contributed by atoms with E-state index in [9.17, 15) is 4.79 Å². The molecule has 0 spiro atoms. The Morgan fingerprint density at radius 2 is 1.61 bits per heavy atom. The number of para-hydroxylation sites is 1. The average molecular weight is 308 g/mol. The van der Waals surface area contributed by atoms with Crippen LogP contribution in [0.1, 0.15) is 6.42 Å². The highest BCUT2D eigenvalue weighted by Crippen LogP contribution is 2.22. The normalized spacial score (nSPS) is 10.3. The van der Waals surface area contributed by atoms with Crippen LogP contribution in [0.25, 0.3) is 0 Å². The second kappa shape index (κ2) is 7.22. The molecule has 3 aromatic rings. The van der Waals surface area contributed by atoms with Gasteiger partial charge in [0.05, 0.1) is 0 Å². The third-order valence-corrected chi connectivity index (χ3v) is 3.18. The molecule has 1 heterocycles. The third kappa shape index (κ3) is 4.41. The van der Waals surface area contributed by atoms with Gasteiger partial charge in [-0.15, -0.1) is 10.2 Å². The Hall–Kier alpha value is -3.15. The number of anilines is 1. The maximum absolute atomic E-state index is 11.9. The molecule has 0 aliphatic heterocycles. The number of nitrogens with one attached hydrogen (secondary N) is 1. The molecule has 0 radical (unpaired) electrons. The Morgan fingerprint density at radius 3 is 2.30 bits per heavy atom. The minimum absolute atomic E-state index is 0.0598. The fraction of sp³-hybridized carbons (Fsp3) is 0.118. The maximum atomic E-state index is 11.9. The van der Waals surface area contributed by atoms with E-state index in [1.807, 2.05) is 54.6 Å². The molecule has 116 valence electrons. The van der Waals surface area contributed by atoms with Crippen molar-refractivity contribution < 1.29 is 9.53 Å². The van der Waals surface area contributed by atoms with Crippen LogP contribution in [-0.4, -0.2) is 20.7 Å². The molecule has 1 aromatic heterocycles. The molecule has 0 aliphatic rings. The van der Waals surface area contributed by atoms with Gasteiger partial charge >= 0.3 is 0 Å². The Kier molecular flexibility index (Phi) is 4.63. The summed E-state index contributed by atoms with van der Waals surface area (Å²) in [5.41, 5.74) is 0.735. The summed E-state index contributed by atoms with van der Waals surface area (Å²) < 4.78 is 7.47. The van der Waals surface area contributed by atoms with Crippen LogP contribution in [0.3, 0.4) is 0 Å². The van der Waals surface area contributed by atoms with E-state index >= 15 is 0 Å². The Balaban J connectivity index is 1.51. The number of aromatic nitrogens is 3. The molecular weight excluding hydrogens is 292 g/mol. The van der Waals surface area contributed by atoms with Gasteiger partial charge in [0.2, 0.25) is 5.91 Å². The van der Waals surface area contributed by atoms with Gasteiger partial charge in [0.25, 0.3) is 0 Å². The minimum atomic E-state index is -0.0598. The lowest BCUT2D eigenvalue weighted by Gasteiger charge is -2.08. The SMILES string of the molecule is O=C(CCn1cnnc1)Nc1ccc(Oc2ccccc2)cc1. The fourth-order valence-electron chi connectivity index (χ4n) is 2.02. The highest BCUT2D eigenvalue weighted by Gasteiger charge is 2.04. The molecular formula is C17H16N4O2. The van der Waals surface area contributed by atoms with Gasteiger partial charge < -0.3 is 14.6 Å². The first-order valence-corrected chi connectivity index (χ1v) is 7.25. The largest absolute Gasteiger partial charge is 0.457 e. The summed E-state index contributed by atoms with van der Waals surface area (Å²) in [6, 6.07) is 16.8. The second-order valence-corrected chi connectivity index (χ2v) is 4.94. The molecule has 1 amide bonds. The van der Waals surface area contributed by atoms with E-state index in [1.54, 1.807) is 17.2 Å². The molecule has 6 heteroatoms. The van der Waals surface area contributed by atoms with E-state index in [-0.39, 0.29) is 5.91 Å². The molecule has 1 N–H and O–H groups in total. The number of benzene rings is 2. The molecule has 0 atom stereocenters. The van der Waals surface area contributed by atoms with Crippen LogP contribution < -0.4 is 10.1 Å². The van der Waals surface area contributed by atoms with Crippen LogP contribution in [0, 0.1) is 0 Å². The van der Waals surface area contributed by atoms with Gasteiger partial charge in [-0.1, -0.05) is 18.2 Å². The molecule has 0 bridgehead atoms. The summed E-state index contributed by atoms with van der Waals surface area (Å²) in [7, 11) is 0. The number of hydrogen-bond donors (Lipinski definition) is 1. The number of hydrogen-bond acceptors (Lipinski definition) is 4. The minimum Gasteiger partial charge on any atom is -0.457 e. The van der Waals surface area contributed by atoms with Crippen molar-refractivity contribution in [3.8, 4) is 11.5 Å². The number of carbonyl (C=O) groups is 1. The standard InChI is InChI=1S/C17H16N4O2/c22-17(10-11-21-12-18-19-13-21)20-14-6-8-16(9-7-14)23-15-4-2-1-3-5-15/h1-9,12-13H,10-11H2,(H,20,22). The first-order chi connectivity index (χ1) is 11.3. The summed E-state index contributed by atoms with van der Waals surface area (Å²) in [5.74, 6) is 1.44. The van der Waals surface area contributed by atoms with Crippen molar-refractivity contribution >= 4 is 11.6 Å². The van der Waals surface area contributed by atoms with E-state index < -0.39 is 0 Å². The van der Waals surface area contributed by atoms with E-state index in [1.165, 1.54) is 0 Å². The molecule has 0 saturated carbocycles. The van der Waals surface area contributed by atoms with E-state index in [0.29, 0.717) is 13.0 Å². The first kappa shape index (κ1) is 14.8. The van der Waals surface area contributed by atoms with Crippen molar-refractivity contribution in [2.75, 3.05) is 5.32 Å². The third-order valence-electron chi connectivity index (χ3n) is 3.18. The number of ether oxygens (including phenoxy) is 1. The number of aryl methyl sites for hydroxylation is 1. The predicted molar refractivity (Wildman–Crippen MR) is 86.2 cm³/mol. The molecule has 0 aliphatic carbocycles. The summed E-state index contributed by atoms with van der Waals surface area (Å²) in [6.07, 6.45) is 3.53. The van der Waals surface area contributed by atoms with Crippen molar-refractivity contribution in [2.24, 2.45) is 0 Å². The quantitative estimate of drug-likeness (QED) is 0.759. The van der Waals surface area contributed by atoms with Gasteiger partial charge in [0, 0.05) is 18.7 Å². The molecule has 0 unspecified atom stereocenters. The summed E-state index contributed by atoms with van der Waals surface area (Å²) >= 11 is 0. The zero-order valence-corrected chi connectivity index (χ0v) is 12.4. The molecule has 2 aromatic carbocycles. The highest BCUT2D eigenvalue weighted by atomic mass is 16.5. The topological polar surface area (TPSA) is 69.0 Å². The lowest BCUT2D eigenvalue weighted by Crippen LogP contribution is -2.13. The second-order valence-electron chi connectivity index (χ2n) is 4.94. The zero-order chi connectivity index (χ0) is 15.9. The van der Waals surface area contributed by atoms with Crippen molar-refractivity contribution in [1.82, 2.24) is 14.8 Å². The fourth-order valence-corrected chi connectivity index (χ4v) is 2.02. The van der Waals surface area contributed by atoms with Crippen molar-refractivity contribution in [3.63, 3.8) is 0 Å². The van der Waals surface area contributed by atoms with Gasteiger partial charge in [-0.3, -0.25) is 4.79 Å². The Labute approximate surface area is 133 Å². The van der Waals surface area contributed by atoms with Gasteiger partial charge in [0.1, 0.15) is 24.2 Å². The van der Waals surface area contributed by atoms with E-state index in [0.717, 1.165) is 17.2 Å².